The lowest BCUT2D eigenvalue weighted by atomic mass is 10.1. The van der Waals surface area contributed by atoms with Crippen LogP contribution >= 0.6 is 23.3 Å². The Labute approximate surface area is 169 Å². The third-order valence-corrected chi connectivity index (χ3v) is 6.00. The molecule has 1 N–H and O–H groups in total. The van der Waals surface area contributed by atoms with E-state index in [1.807, 2.05) is 31.2 Å². The van der Waals surface area contributed by atoms with Crippen LogP contribution in [0.3, 0.4) is 0 Å². The second-order valence-corrected chi connectivity index (χ2v) is 7.81. The fourth-order valence-corrected chi connectivity index (χ4v) is 4.35. The Morgan fingerprint density at radius 2 is 1.93 bits per heavy atom. The third-order valence-electron chi connectivity index (χ3n) is 4.04. The van der Waals surface area contributed by atoms with Gasteiger partial charge in [-0.2, -0.15) is 4.37 Å². The molecule has 0 bridgehead atoms. The molecule has 2 aromatic carbocycles. The second kappa shape index (κ2) is 8.04. The van der Waals surface area contributed by atoms with Gasteiger partial charge in [-0.15, -0.1) is 0 Å². The van der Waals surface area contributed by atoms with E-state index in [1.54, 1.807) is 12.1 Å². The van der Waals surface area contributed by atoms with E-state index in [4.69, 9.17) is 0 Å². The topological polar surface area (TPSA) is 67.8 Å². The number of carbonyl (C=O) groups excluding carboxylic acids is 1. The molecule has 5 nitrogen and oxygen atoms in total. The number of hydrogen-bond donors (Lipinski definition) is 1. The molecule has 140 valence electrons. The zero-order chi connectivity index (χ0) is 19.5. The maximum absolute atomic E-state index is 13.7. The first kappa shape index (κ1) is 18.5. The monoisotopic (exact) mass is 410 g/mol. The van der Waals surface area contributed by atoms with Gasteiger partial charge in [-0.05, 0) is 30.6 Å². The molecule has 0 saturated carbocycles. The Bertz CT molecular complexity index is 1140. The summed E-state index contributed by atoms with van der Waals surface area (Å²) in [5, 5.41) is 3.26. The van der Waals surface area contributed by atoms with Gasteiger partial charge in [-0.3, -0.25) is 4.79 Å². The summed E-state index contributed by atoms with van der Waals surface area (Å²) in [6.07, 6.45) is 1.48. The van der Waals surface area contributed by atoms with E-state index in [-0.39, 0.29) is 17.3 Å². The zero-order valence-electron chi connectivity index (χ0n) is 14.8. The first-order valence-corrected chi connectivity index (χ1v) is 10.2. The number of hydrogen-bond acceptors (Lipinski definition) is 6. The van der Waals surface area contributed by atoms with Crippen molar-refractivity contribution in [2.24, 2.45) is 0 Å². The highest BCUT2D eigenvalue weighted by Gasteiger charge is 2.15. The lowest BCUT2D eigenvalue weighted by Gasteiger charge is -2.06. The number of para-hydroxylation sites is 1. The normalized spacial score (nSPS) is 10.9. The Balaban J connectivity index is 1.52. The molecule has 0 atom stereocenters. The maximum atomic E-state index is 13.7. The van der Waals surface area contributed by atoms with E-state index in [1.165, 1.54) is 47.3 Å². The fourth-order valence-electron chi connectivity index (χ4n) is 2.63. The summed E-state index contributed by atoms with van der Waals surface area (Å²) < 4.78 is 19.0. The average Bonchev–Trinajstić information content (AvgIpc) is 3.13. The van der Waals surface area contributed by atoms with Crippen LogP contribution in [0.1, 0.15) is 5.56 Å². The number of amides is 1. The molecule has 2 heterocycles. The molecular formula is C20H15FN4OS2. The summed E-state index contributed by atoms with van der Waals surface area (Å²) in [7, 11) is 0. The van der Waals surface area contributed by atoms with Crippen LogP contribution in [0.25, 0.3) is 21.5 Å². The van der Waals surface area contributed by atoms with Crippen LogP contribution in [0.2, 0.25) is 0 Å². The molecule has 0 aliphatic rings. The predicted molar refractivity (Wildman–Crippen MR) is 111 cm³/mol. The Hall–Kier alpha value is -2.84. The Morgan fingerprint density at radius 3 is 2.71 bits per heavy atom. The van der Waals surface area contributed by atoms with Gasteiger partial charge in [0, 0.05) is 5.56 Å². The first-order valence-electron chi connectivity index (χ1n) is 8.46. The Kier molecular flexibility index (Phi) is 5.31. The lowest BCUT2D eigenvalue weighted by Crippen LogP contribution is -2.15. The molecular weight excluding hydrogens is 395 g/mol. The molecule has 1 amide bonds. The molecule has 0 saturated heterocycles. The highest BCUT2D eigenvalue weighted by atomic mass is 32.2. The molecule has 2 aromatic heterocycles. The van der Waals surface area contributed by atoms with Gasteiger partial charge in [0.25, 0.3) is 0 Å². The van der Waals surface area contributed by atoms with Crippen molar-refractivity contribution < 1.29 is 9.18 Å². The molecule has 4 aromatic rings. The standard InChI is InChI=1S/C20H15FN4OS2/c1-12-6-8-13(9-7-12)17-18-19(28-25-17)20(23-11-22-18)27-10-16(26)24-15-5-3-2-4-14(15)21/h2-9,11H,10H2,1H3,(H,24,26). The first-order chi connectivity index (χ1) is 13.6. The van der Waals surface area contributed by atoms with Crippen molar-refractivity contribution in [2.75, 3.05) is 11.1 Å². The fraction of sp³-hybridized carbons (Fsp3) is 0.100. The number of rotatable bonds is 5. The van der Waals surface area contributed by atoms with Gasteiger partial charge >= 0.3 is 0 Å². The average molecular weight is 410 g/mol. The van der Waals surface area contributed by atoms with Crippen molar-refractivity contribution >= 4 is 45.1 Å². The quantitative estimate of drug-likeness (QED) is 0.373. The van der Waals surface area contributed by atoms with Crippen molar-refractivity contribution in [3.05, 3.63) is 66.2 Å². The maximum Gasteiger partial charge on any atom is 0.234 e. The number of aromatic nitrogens is 3. The van der Waals surface area contributed by atoms with Crippen LogP contribution in [0.5, 0.6) is 0 Å². The summed E-state index contributed by atoms with van der Waals surface area (Å²) in [5.74, 6) is -0.654. The van der Waals surface area contributed by atoms with Crippen LogP contribution in [0.4, 0.5) is 10.1 Å². The van der Waals surface area contributed by atoms with Gasteiger partial charge < -0.3 is 5.32 Å². The SMILES string of the molecule is Cc1ccc(-c2nsc3c(SCC(=O)Nc4ccccc4F)ncnc23)cc1. The Morgan fingerprint density at radius 1 is 1.14 bits per heavy atom. The van der Waals surface area contributed by atoms with Gasteiger partial charge in [0.2, 0.25) is 5.91 Å². The molecule has 0 spiro atoms. The van der Waals surface area contributed by atoms with Crippen molar-refractivity contribution in [1.82, 2.24) is 14.3 Å². The number of anilines is 1. The van der Waals surface area contributed by atoms with Crippen molar-refractivity contribution in [2.45, 2.75) is 11.9 Å². The van der Waals surface area contributed by atoms with Crippen LogP contribution < -0.4 is 5.32 Å². The molecule has 4 rings (SSSR count). The minimum absolute atomic E-state index is 0.109. The molecule has 0 radical (unpaired) electrons. The van der Waals surface area contributed by atoms with Crippen molar-refractivity contribution in [3.63, 3.8) is 0 Å². The van der Waals surface area contributed by atoms with Crippen molar-refractivity contribution in [1.29, 1.82) is 0 Å². The molecule has 0 fully saturated rings. The van der Waals surface area contributed by atoms with E-state index >= 15 is 0 Å². The van der Waals surface area contributed by atoms with Gasteiger partial charge in [-0.1, -0.05) is 53.7 Å². The number of fused-ring (bicyclic) bond motifs is 1. The largest absolute Gasteiger partial charge is 0.323 e. The van der Waals surface area contributed by atoms with Gasteiger partial charge in [-0.25, -0.2) is 14.4 Å². The number of aryl methyl sites for hydroxylation is 1. The zero-order valence-corrected chi connectivity index (χ0v) is 16.5. The van der Waals surface area contributed by atoms with E-state index < -0.39 is 5.82 Å². The summed E-state index contributed by atoms with van der Waals surface area (Å²) in [6.45, 7) is 2.03. The van der Waals surface area contributed by atoms with Crippen LogP contribution in [0, 0.1) is 12.7 Å². The van der Waals surface area contributed by atoms with Crippen molar-refractivity contribution in [3.8, 4) is 11.3 Å². The van der Waals surface area contributed by atoms with Crippen LogP contribution in [-0.2, 0) is 4.79 Å². The summed E-state index contributed by atoms with van der Waals surface area (Å²) in [5.41, 5.74) is 3.90. The molecule has 28 heavy (non-hydrogen) atoms. The number of nitrogens with one attached hydrogen (secondary N) is 1. The highest BCUT2D eigenvalue weighted by molar-refractivity contribution is 8.00. The number of carbonyl (C=O) groups is 1. The van der Waals surface area contributed by atoms with Crippen LogP contribution in [0.15, 0.2) is 59.9 Å². The minimum atomic E-state index is -0.463. The highest BCUT2D eigenvalue weighted by Crippen LogP contribution is 2.34. The van der Waals surface area contributed by atoms with E-state index in [0.29, 0.717) is 5.03 Å². The lowest BCUT2D eigenvalue weighted by molar-refractivity contribution is -0.113. The van der Waals surface area contributed by atoms with Gasteiger partial charge in [0.1, 0.15) is 33.1 Å². The van der Waals surface area contributed by atoms with Gasteiger partial charge in [0.15, 0.2) is 0 Å². The third kappa shape index (κ3) is 3.88. The van der Waals surface area contributed by atoms with Crippen LogP contribution in [-0.4, -0.2) is 26.0 Å². The molecule has 8 heteroatoms. The molecule has 0 aliphatic carbocycles. The van der Waals surface area contributed by atoms with E-state index in [2.05, 4.69) is 19.7 Å². The predicted octanol–water partition coefficient (Wildman–Crippen LogP) is 4.93. The minimum Gasteiger partial charge on any atom is -0.323 e. The number of benzene rings is 2. The van der Waals surface area contributed by atoms with Gasteiger partial charge in [0.05, 0.1) is 11.4 Å². The molecule has 0 unspecified atom stereocenters. The summed E-state index contributed by atoms with van der Waals surface area (Å²) in [4.78, 5) is 20.9. The summed E-state index contributed by atoms with van der Waals surface area (Å²) >= 11 is 2.59. The van der Waals surface area contributed by atoms with E-state index in [0.717, 1.165) is 21.5 Å². The smallest absolute Gasteiger partial charge is 0.234 e. The second-order valence-electron chi connectivity index (χ2n) is 6.07. The number of halogens is 1. The number of thioether (sulfide) groups is 1. The molecule has 0 aliphatic heterocycles. The van der Waals surface area contributed by atoms with E-state index in [9.17, 15) is 9.18 Å². The number of nitrogens with zero attached hydrogens (tertiary/aromatic N) is 3. The summed E-state index contributed by atoms with van der Waals surface area (Å²) in [6, 6.07) is 14.2.